The molecule has 0 aromatic heterocycles. The molecule has 0 fully saturated rings. The molecule has 0 saturated heterocycles. The first kappa shape index (κ1) is 20.8. The third kappa shape index (κ3) is 8.04. The van der Waals surface area contributed by atoms with Crippen LogP contribution < -0.4 is 5.32 Å². The summed E-state index contributed by atoms with van der Waals surface area (Å²) in [5.74, 6) is 11.4. The van der Waals surface area contributed by atoms with Gasteiger partial charge in [0.1, 0.15) is 0 Å². The summed E-state index contributed by atoms with van der Waals surface area (Å²) in [6.07, 6.45) is 4.29. The van der Waals surface area contributed by atoms with Crippen molar-refractivity contribution < 1.29 is 4.79 Å². The summed E-state index contributed by atoms with van der Waals surface area (Å²) >= 11 is 0. The Morgan fingerprint density at radius 1 is 0.846 bits per heavy atom. The maximum absolute atomic E-state index is 10.2. The molecule has 0 bridgehead atoms. The number of hydrogen-bond donors (Lipinski definition) is 1. The second kappa shape index (κ2) is 13.1. The molecule has 2 heteroatoms. The molecule has 0 amide bonds. The van der Waals surface area contributed by atoms with Gasteiger partial charge in [-0.1, -0.05) is 37.5 Å². The van der Waals surface area contributed by atoms with Gasteiger partial charge in [-0.05, 0) is 60.9 Å². The first-order valence-corrected chi connectivity index (χ1v) is 8.73. The number of carbonyl (C=O) groups is 1. The zero-order valence-electron chi connectivity index (χ0n) is 15.3. The summed E-state index contributed by atoms with van der Waals surface area (Å²) in [6, 6.07) is 15.7. The molecule has 0 unspecified atom stereocenters. The van der Waals surface area contributed by atoms with Crippen LogP contribution in [0.2, 0.25) is 0 Å². The molecule has 0 spiro atoms. The van der Waals surface area contributed by atoms with Gasteiger partial charge in [-0.25, -0.2) is 0 Å². The van der Waals surface area contributed by atoms with Crippen molar-refractivity contribution in [1.82, 2.24) is 0 Å². The van der Waals surface area contributed by atoms with Crippen LogP contribution in [0, 0.1) is 23.7 Å². The van der Waals surface area contributed by atoms with Crippen LogP contribution >= 0.6 is 0 Å². The molecule has 0 aliphatic heterocycles. The van der Waals surface area contributed by atoms with E-state index in [2.05, 4.69) is 61.2 Å². The summed E-state index contributed by atoms with van der Waals surface area (Å²) in [5, 5.41) is 3.42. The maximum Gasteiger partial charge on any atom is 0.193 e. The van der Waals surface area contributed by atoms with Gasteiger partial charge in [0, 0.05) is 28.9 Å². The normalized spacial score (nSPS) is 8.65. The Morgan fingerprint density at radius 2 is 1.35 bits per heavy atom. The van der Waals surface area contributed by atoms with Crippen molar-refractivity contribution in [3.05, 3.63) is 78.4 Å². The highest BCUT2D eigenvalue weighted by molar-refractivity contribution is 5.74. The fourth-order valence-electron chi connectivity index (χ4n) is 2.17. The highest BCUT2D eigenvalue weighted by atomic mass is 16.1. The van der Waals surface area contributed by atoms with Crippen LogP contribution in [0.15, 0.2) is 61.7 Å². The second-order valence-electron chi connectivity index (χ2n) is 5.43. The molecule has 2 rings (SSSR count). The summed E-state index contributed by atoms with van der Waals surface area (Å²) in [5.41, 5.74) is 3.85. The molecule has 2 aromatic carbocycles. The van der Waals surface area contributed by atoms with Gasteiger partial charge in [0.05, 0.1) is 0 Å². The van der Waals surface area contributed by atoms with Gasteiger partial charge in [-0.2, -0.15) is 0 Å². The van der Waals surface area contributed by atoms with Gasteiger partial charge < -0.3 is 5.32 Å². The summed E-state index contributed by atoms with van der Waals surface area (Å²) < 4.78 is 0. The molecule has 132 valence electrons. The van der Waals surface area contributed by atoms with Crippen molar-refractivity contribution in [2.75, 3.05) is 11.9 Å². The number of carbonyl (C=O) groups excluding carboxylic acids is 1. The standard InChI is InChI=1S/C22H21NO.C2H4/c1-2-3-4-17-23-22-15-13-21(14-16-22)12-11-20-9-7-19(8-10-20)6-5-18-24;1-2/h7-10,13-16,18,23H,2-4,17H2,1H3;1-2H2. The minimum atomic E-state index is 0.593. The Balaban J connectivity index is 0.00000163. The van der Waals surface area contributed by atoms with E-state index in [1.165, 1.54) is 19.3 Å². The monoisotopic (exact) mass is 343 g/mol. The number of nitrogens with one attached hydrogen (secondary N) is 1. The van der Waals surface area contributed by atoms with Crippen molar-refractivity contribution in [2.24, 2.45) is 0 Å². The van der Waals surface area contributed by atoms with Gasteiger partial charge in [0.2, 0.25) is 0 Å². The fourth-order valence-corrected chi connectivity index (χ4v) is 2.17. The lowest BCUT2D eigenvalue weighted by Gasteiger charge is -2.05. The Labute approximate surface area is 157 Å². The summed E-state index contributed by atoms with van der Waals surface area (Å²) in [7, 11) is 0. The third-order valence-corrected chi connectivity index (χ3v) is 3.51. The number of hydrogen-bond acceptors (Lipinski definition) is 2. The number of unbranched alkanes of at least 4 members (excludes halogenated alkanes) is 2. The first-order chi connectivity index (χ1) is 12.8. The van der Waals surface area contributed by atoms with Crippen LogP contribution in [0.1, 0.15) is 42.9 Å². The predicted molar refractivity (Wildman–Crippen MR) is 111 cm³/mol. The minimum absolute atomic E-state index is 0.593. The number of rotatable bonds is 5. The van der Waals surface area contributed by atoms with Crippen molar-refractivity contribution >= 4 is 12.0 Å². The molecule has 0 aliphatic carbocycles. The van der Waals surface area contributed by atoms with E-state index >= 15 is 0 Å². The fraction of sp³-hybridized carbons (Fsp3) is 0.208. The van der Waals surface area contributed by atoms with Crippen LogP contribution in [-0.4, -0.2) is 12.8 Å². The predicted octanol–water partition coefficient (Wildman–Crippen LogP) is 5.04. The maximum atomic E-state index is 10.2. The molecule has 2 aromatic rings. The van der Waals surface area contributed by atoms with Gasteiger partial charge in [-0.15, -0.1) is 13.2 Å². The second-order valence-corrected chi connectivity index (χ2v) is 5.43. The van der Waals surface area contributed by atoms with Crippen LogP contribution in [-0.2, 0) is 4.79 Å². The van der Waals surface area contributed by atoms with E-state index in [0.29, 0.717) is 6.29 Å². The molecule has 26 heavy (non-hydrogen) atoms. The van der Waals surface area contributed by atoms with E-state index < -0.39 is 0 Å². The van der Waals surface area contributed by atoms with Crippen molar-refractivity contribution in [3.8, 4) is 23.7 Å². The quantitative estimate of drug-likeness (QED) is 0.357. The molecular weight excluding hydrogens is 318 g/mol. The summed E-state index contributed by atoms with van der Waals surface area (Å²) in [4.78, 5) is 10.2. The van der Waals surface area contributed by atoms with Crippen LogP contribution in [0.3, 0.4) is 0 Å². The number of anilines is 1. The van der Waals surface area contributed by atoms with E-state index in [0.717, 1.165) is 28.9 Å². The smallest absolute Gasteiger partial charge is 0.193 e. The van der Waals surface area contributed by atoms with Gasteiger partial charge >= 0.3 is 0 Å². The molecule has 1 N–H and O–H groups in total. The van der Waals surface area contributed by atoms with Crippen molar-refractivity contribution in [2.45, 2.75) is 26.2 Å². The van der Waals surface area contributed by atoms with Crippen LogP contribution in [0.5, 0.6) is 0 Å². The molecule has 0 aliphatic rings. The average Bonchev–Trinajstić information content (AvgIpc) is 2.71. The number of aldehydes is 1. The zero-order chi connectivity index (χ0) is 19.0. The molecule has 0 radical (unpaired) electrons. The van der Waals surface area contributed by atoms with Crippen molar-refractivity contribution in [3.63, 3.8) is 0 Å². The highest BCUT2D eigenvalue weighted by Gasteiger charge is 1.93. The molecule has 0 saturated carbocycles. The number of benzene rings is 2. The van der Waals surface area contributed by atoms with Crippen LogP contribution in [0.25, 0.3) is 0 Å². The van der Waals surface area contributed by atoms with Crippen molar-refractivity contribution in [1.29, 1.82) is 0 Å². The Hall–Kier alpha value is -3.23. The van der Waals surface area contributed by atoms with E-state index in [1.807, 2.05) is 36.4 Å². The lowest BCUT2D eigenvalue weighted by Crippen LogP contribution is -2.00. The third-order valence-electron chi connectivity index (χ3n) is 3.51. The van der Waals surface area contributed by atoms with Crippen LogP contribution in [0.4, 0.5) is 5.69 Å². The zero-order valence-corrected chi connectivity index (χ0v) is 15.3. The van der Waals surface area contributed by atoms with E-state index in [-0.39, 0.29) is 0 Å². The lowest BCUT2D eigenvalue weighted by atomic mass is 10.1. The van der Waals surface area contributed by atoms with Gasteiger partial charge in [-0.3, -0.25) is 4.79 Å². The topological polar surface area (TPSA) is 29.1 Å². The average molecular weight is 343 g/mol. The Bertz CT molecular complexity index is 781. The summed E-state index contributed by atoms with van der Waals surface area (Å²) in [6.45, 7) is 9.22. The molecule has 2 nitrogen and oxygen atoms in total. The first-order valence-electron chi connectivity index (χ1n) is 8.73. The SMILES string of the molecule is C=C.CCCCCNc1ccc(C#Cc2ccc(C#CC=O)cc2)cc1. The van der Waals surface area contributed by atoms with E-state index in [9.17, 15) is 4.79 Å². The Morgan fingerprint density at radius 3 is 1.85 bits per heavy atom. The molecule has 0 atom stereocenters. The molecule has 0 heterocycles. The molecular formula is C24H25NO. The highest BCUT2D eigenvalue weighted by Crippen LogP contribution is 2.10. The van der Waals surface area contributed by atoms with E-state index in [1.54, 1.807) is 0 Å². The van der Waals surface area contributed by atoms with Gasteiger partial charge in [0.25, 0.3) is 0 Å². The lowest BCUT2D eigenvalue weighted by molar-refractivity contribution is -0.103. The largest absolute Gasteiger partial charge is 0.385 e. The van der Waals surface area contributed by atoms with E-state index in [4.69, 9.17) is 0 Å². The Kier molecular flexibility index (Phi) is 10.5. The van der Waals surface area contributed by atoms with Gasteiger partial charge in [0.15, 0.2) is 6.29 Å². The minimum Gasteiger partial charge on any atom is -0.385 e.